The molecule has 0 saturated heterocycles. The van der Waals surface area contributed by atoms with Crippen molar-refractivity contribution in [3.63, 3.8) is 0 Å². The molecular weight excluding hydrogens is 338 g/mol. The zero-order valence-corrected chi connectivity index (χ0v) is 14.8. The molecule has 0 fully saturated rings. The Morgan fingerprint density at radius 1 is 1.12 bits per heavy atom. The lowest BCUT2D eigenvalue weighted by Crippen LogP contribution is -2.20. The third-order valence-corrected chi connectivity index (χ3v) is 5.32. The summed E-state index contributed by atoms with van der Waals surface area (Å²) in [6.07, 6.45) is 4.34. The normalized spacial score (nSPS) is 13.0. The minimum absolute atomic E-state index is 0.0366. The number of aryl methyl sites for hydroxylation is 2. The minimum atomic E-state index is -0.457. The summed E-state index contributed by atoms with van der Waals surface area (Å²) in [5.41, 5.74) is 2.36. The highest BCUT2D eigenvalue weighted by Gasteiger charge is 2.19. The van der Waals surface area contributed by atoms with E-state index in [1.54, 1.807) is 24.3 Å². The molecule has 5 nitrogen and oxygen atoms in total. The standard InChI is InChI=1S/C19H19NO4S/c1-12(21)13-6-8-15(9-7-13)20-18(22)11-24-19(23)17-10-14-4-2-3-5-16(14)25-17/h6-10H,2-5,11H2,1H3,(H,20,22). The van der Waals surface area contributed by atoms with Crippen LogP contribution in [-0.4, -0.2) is 24.3 Å². The van der Waals surface area contributed by atoms with E-state index in [2.05, 4.69) is 5.32 Å². The van der Waals surface area contributed by atoms with E-state index in [4.69, 9.17) is 4.74 Å². The van der Waals surface area contributed by atoms with Crippen LogP contribution in [0.15, 0.2) is 30.3 Å². The highest BCUT2D eigenvalue weighted by molar-refractivity contribution is 7.14. The molecule has 1 aliphatic rings. The number of nitrogens with one attached hydrogen (secondary N) is 1. The van der Waals surface area contributed by atoms with Gasteiger partial charge < -0.3 is 10.1 Å². The molecule has 1 N–H and O–H groups in total. The molecule has 0 radical (unpaired) electrons. The lowest BCUT2D eigenvalue weighted by molar-refractivity contribution is -0.119. The second-order valence-corrected chi connectivity index (χ2v) is 7.16. The molecule has 0 spiro atoms. The fourth-order valence-electron chi connectivity index (χ4n) is 2.78. The Bertz CT molecular complexity index is 784. The van der Waals surface area contributed by atoms with E-state index in [0.29, 0.717) is 16.1 Å². The average molecular weight is 357 g/mol. The molecule has 1 aromatic carbocycles. The molecule has 0 unspecified atom stereocenters. The first-order chi connectivity index (χ1) is 12.0. The Morgan fingerprint density at radius 2 is 1.84 bits per heavy atom. The minimum Gasteiger partial charge on any atom is -0.451 e. The number of carbonyl (C=O) groups is 3. The van der Waals surface area contributed by atoms with Crippen molar-refractivity contribution >= 4 is 34.7 Å². The van der Waals surface area contributed by atoms with Gasteiger partial charge >= 0.3 is 5.97 Å². The van der Waals surface area contributed by atoms with Gasteiger partial charge in [-0.05, 0) is 68.5 Å². The van der Waals surface area contributed by atoms with Crippen molar-refractivity contribution in [1.82, 2.24) is 0 Å². The number of anilines is 1. The molecule has 2 aromatic rings. The van der Waals surface area contributed by atoms with E-state index in [1.807, 2.05) is 6.07 Å². The summed E-state index contributed by atoms with van der Waals surface area (Å²) in [6, 6.07) is 8.45. The number of fused-ring (bicyclic) bond motifs is 1. The van der Waals surface area contributed by atoms with Crippen molar-refractivity contribution in [1.29, 1.82) is 0 Å². The maximum atomic E-state index is 12.1. The molecule has 0 aliphatic heterocycles. The predicted molar refractivity (Wildman–Crippen MR) is 96.3 cm³/mol. The van der Waals surface area contributed by atoms with Gasteiger partial charge in [-0.2, -0.15) is 0 Å². The van der Waals surface area contributed by atoms with Crippen LogP contribution in [0.25, 0.3) is 0 Å². The third-order valence-electron chi connectivity index (χ3n) is 4.11. The van der Waals surface area contributed by atoms with Crippen molar-refractivity contribution in [2.45, 2.75) is 32.6 Å². The van der Waals surface area contributed by atoms with E-state index in [-0.39, 0.29) is 12.4 Å². The largest absolute Gasteiger partial charge is 0.451 e. The molecule has 3 rings (SSSR count). The number of thiophene rings is 1. The van der Waals surface area contributed by atoms with Gasteiger partial charge in [0.25, 0.3) is 5.91 Å². The molecule has 1 amide bonds. The van der Waals surface area contributed by atoms with Gasteiger partial charge in [-0.25, -0.2) is 4.79 Å². The molecule has 0 atom stereocenters. The highest BCUT2D eigenvalue weighted by atomic mass is 32.1. The van der Waals surface area contributed by atoms with E-state index in [0.717, 1.165) is 25.7 Å². The van der Waals surface area contributed by atoms with Gasteiger partial charge in [-0.15, -0.1) is 11.3 Å². The second-order valence-electron chi connectivity index (χ2n) is 6.02. The van der Waals surface area contributed by atoms with Gasteiger partial charge in [0.1, 0.15) is 4.88 Å². The van der Waals surface area contributed by atoms with Crippen LogP contribution >= 0.6 is 11.3 Å². The van der Waals surface area contributed by atoms with E-state index >= 15 is 0 Å². The smallest absolute Gasteiger partial charge is 0.348 e. The van der Waals surface area contributed by atoms with Crippen LogP contribution in [0.3, 0.4) is 0 Å². The summed E-state index contributed by atoms with van der Waals surface area (Å²) in [4.78, 5) is 37.1. The number of rotatable bonds is 5. The number of esters is 1. The number of amides is 1. The van der Waals surface area contributed by atoms with Gasteiger partial charge in [0.2, 0.25) is 0 Å². The Labute approximate surface area is 150 Å². The summed E-state index contributed by atoms with van der Waals surface area (Å²) in [6.45, 7) is 1.14. The Morgan fingerprint density at radius 3 is 2.52 bits per heavy atom. The molecule has 25 heavy (non-hydrogen) atoms. The molecule has 130 valence electrons. The summed E-state index contributed by atoms with van der Waals surface area (Å²) in [5.74, 6) is -0.905. The molecule has 1 heterocycles. The van der Waals surface area contributed by atoms with Crippen LogP contribution in [-0.2, 0) is 22.4 Å². The molecule has 1 aromatic heterocycles. The second kappa shape index (κ2) is 7.61. The van der Waals surface area contributed by atoms with Gasteiger partial charge in [0.05, 0.1) is 0 Å². The maximum absolute atomic E-state index is 12.1. The van der Waals surface area contributed by atoms with Crippen LogP contribution in [0, 0.1) is 0 Å². The topological polar surface area (TPSA) is 72.5 Å². The number of benzene rings is 1. The van der Waals surface area contributed by atoms with Crippen LogP contribution in [0.4, 0.5) is 5.69 Å². The molecule has 6 heteroatoms. The quantitative estimate of drug-likeness (QED) is 0.655. The summed E-state index contributed by atoms with van der Waals surface area (Å²) in [7, 11) is 0. The average Bonchev–Trinajstić information content (AvgIpc) is 3.04. The molecular formula is C19H19NO4S. The fraction of sp³-hybridized carbons (Fsp3) is 0.316. The molecule has 0 saturated carbocycles. The zero-order chi connectivity index (χ0) is 17.8. The number of ether oxygens (including phenoxy) is 1. The monoisotopic (exact) mass is 357 g/mol. The summed E-state index contributed by atoms with van der Waals surface area (Å²) >= 11 is 1.47. The molecule has 0 bridgehead atoms. The lowest BCUT2D eigenvalue weighted by Gasteiger charge is -2.08. The maximum Gasteiger partial charge on any atom is 0.348 e. The van der Waals surface area contributed by atoms with E-state index in [9.17, 15) is 14.4 Å². The van der Waals surface area contributed by atoms with Crippen LogP contribution in [0.5, 0.6) is 0 Å². The Balaban J connectivity index is 1.52. The number of carbonyl (C=O) groups excluding carboxylic acids is 3. The molecule has 1 aliphatic carbocycles. The van der Waals surface area contributed by atoms with Crippen molar-refractivity contribution in [2.75, 3.05) is 11.9 Å². The summed E-state index contributed by atoms with van der Waals surface area (Å²) < 4.78 is 5.11. The fourth-order valence-corrected chi connectivity index (χ4v) is 3.93. The van der Waals surface area contributed by atoms with Crippen molar-refractivity contribution in [2.24, 2.45) is 0 Å². The van der Waals surface area contributed by atoms with E-state index < -0.39 is 11.9 Å². The zero-order valence-electron chi connectivity index (χ0n) is 14.0. The third kappa shape index (κ3) is 4.33. The van der Waals surface area contributed by atoms with Gasteiger partial charge in [-0.1, -0.05) is 0 Å². The lowest BCUT2D eigenvalue weighted by atomic mass is 9.99. The van der Waals surface area contributed by atoms with Crippen molar-refractivity contribution < 1.29 is 19.1 Å². The predicted octanol–water partition coefficient (Wildman–Crippen LogP) is 3.63. The first-order valence-corrected chi connectivity index (χ1v) is 9.04. The number of hydrogen-bond donors (Lipinski definition) is 1. The van der Waals surface area contributed by atoms with Gasteiger partial charge in [0, 0.05) is 16.1 Å². The van der Waals surface area contributed by atoms with Crippen LogP contribution in [0.2, 0.25) is 0 Å². The first-order valence-electron chi connectivity index (χ1n) is 8.22. The SMILES string of the molecule is CC(=O)c1ccc(NC(=O)COC(=O)c2cc3c(s2)CCCC3)cc1. The van der Waals surface area contributed by atoms with Gasteiger partial charge in [0.15, 0.2) is 12.4 Å². The van der Waals surface area contributed by atoms with Gasteiger partial charge in [-0.3, -0.25) is 9.59 Å². The van der Waals surface area contributed by atoms with Crippen molar-refractivity contribution in [3.8, 4) is 0 Å². The van der Waals surface area contributed by atoms with Crippen LogP contribution < -0.4 is 5.32 Å². The number of Topliss-reactive ketones (excluding diaryl/α,β-unsaturated/α-hetero) is 1. The Kier molecular flexibility index (Phi) is 5.28. The first kappa shape index (κ1) is 17.4. The van der Waals surface area contributed by atoms with E-state index in [1.165, 1.54) is 28.7 Å². The number of ketones is 1. The number of hydrogen-bond acceptors (Lipinski definition) is 5. The highest BCUT2D eigenvalue weighted by Crippen LogP contribution is 2.30. The van der Waals surface area contributed by atoms with Crippen LogP contribution in [0.1, 0.15) is 50.2 Å². The Hall–Kier alpha value is -2.47. The van der Waals surface area contributed by atoms with Crippen molar-refractivity contribution in [3.05, 3.63) is 51.2 Å². The summed E-state index contributed by atoms with van der Waals surface area (Å²) in [5, 5.41) is 2.64.